The van der Waals surface area contributed by atoms with Crippen molar-refractivity contribution in [3.8, 4) is 5.88 Å². The first-order valence-electron chi connectivity index (χ1n) is 6.59. The molecule has 0 aliphatic heterocycles. The van der Waals surface area contributed by atoms with Crippen LogP contribution in [0.1, 0.15) is 25.7 Å². The largest absolute Gasteiger partial charge is 0.473 e. The molecule has 0 spiro atoms. The predicted octanol–water partition coefficient (Wildman–Crippen LogP) is 0.314. The number of nitrogens with one attached hydrogen (secondary N) is 1. The fraction of sp³-hybridized carbons (Fsp3) is 0.583. The second-order valence-electron chi connectivity index (χ2n) is 4.91. The summed E-state index contributed by atoms with van der Waals surface area (Å²) in [4.78, 5) is 11.5. The quantitative estimate of drug-likeness (QED) is 0.830. The Labute approximate surface area is 109 Å². The molecule has 2 atom stereocenters. The molecule has 0 saturated heterocycles. The van der Waals surface area contributed by atoms with Crippen molar-refractivity contribution in [3.05, 3.63) is 22.6 Å². The zero-order chi connectivity index (χ0) is 13.2. The van der Waals surface area contributed by atoms with Crippen molar-refractivity contribution in [2.75, 3.05) is 6.54 Å². The lowest BCUT2D eigenvalue weighted by Gasteiger charge is -2.30. The molecule has 3 N–H and O–H groups in total. The summed E-state index contributed by atoms with van der Waals surface area (Å²) >= 11 is 0. The van der Waals surface area contributed by atoms with E-state index in [1.807, 2.05) is 0 Å². The van der Waals surface area contributed by atoms with E-state index in [2.05, 4.69) is 15.3 Å². The Balaban J connectivity index is 1.83. The maximum atomic E-state index is 11.5. The lowest BCUT2D eigenvalue weighted by atomic mass is 9.86. The molecule has 7 nitrogen and oxygen atoms in total. The Morgan fingerprint density at radius 1 is 1.42 bits per heavy atom. The van der Waals surface area contributed by atoms with E-state index in [1.165, 1.54) is 10.9 Å². The van der Waals surface area contributed by atoms with Gasteiger partial charge in [-0.1, -0.05) is 6.42 Å². The van der Waals surface area contributed by atoms with Gasteiger partial charge in [0.1, 0.15) is 6.10 Å². The molecule has 1 saturated carbocycles. The van der Waals surface area contributed by atoms with Crippen LogP contribution >= 0.6 is 0 Å². The monoisotopic (exact) mass is 263 g/mol. The molecule has 0 aromatic carbocycles. The minimum atomic E-state index is -0.362. The third kappa shape index (κ3) is 2.33. The van der Waals surface area contributed by atoms with Crippen molar-refractivity contribution >= 4 is 5.65 Å². The van der Waals surface area contributed by atoms with Gasteiger partial charge >= 0.3 is 5.69 Å². The number of hydrogen-bond acceptors (Lipinski definition) is 5. The van der Waals surface area contributed by atoms with Gasteiger partial charge in [0.05, 0.1) is 0 Å². The zero-order valence-electron chi connectivity index (χ0n) is 10.6. The first-order chi connectivity index (χ1) is 9.28. The van der Waals surface area contributed by atoms with Gasteiger partial charge in [0.15, 0.2) is 5.65 Å². The average Bonchev–Trinajstić information content (AvgIpc) is 2.81. The smallest absolute Gasteiger partial charge is 0.364 e. The zero-order valence-corrected chi connectivity index (χ0v) is 10.6. The molecule has 2 heterocycles. The molecule has 2 unspecified atom stereocenters. The molecule has 0 radical (unpaired) electrons. The van der Waals surface area contributed by atoms with Crippen molar-refractivity contribution in [1.29, 1.82) is 0 Å². The molecular weight excluding hydrogens is 246 g/mol. The molecule has 3 rings (SSSR count). The molecule has 1 fully saturated rings. The minimum absolute atomic E-state index is 0.0892. The van der Waals surface area contributed by atoms with Gasteiger partial charge in [-0.25, -0.2) is 9.89 Å². The van der Waals surface area contributed by atoms with Crippen LogP contribution in [-0.4, -0.2) is 32.5 Å². The summed E-state index contributed by atoms with van der Waals surface area (Å²) in [5, 5.41) is 10.3. The molecule has 19 heavy (non-hydrogen) atoms. The third-order valence-corrected chi connectivity index (χ3v) is 3.66. The number of fused-ring (bicyclic) bond motifs is 1. The third-order valence-electron chi connectivity index (χ3n) is 3.66. The van der Waals surface area contributed by atoms with Crippen molar-refractivity contribution in [2.45, 2.75) is 31.8 Å². The lowest BCUT2D eigenvalue weighted by Crippen LogP contribution is -2.35. The number of nitrogens with zero attached hydrogens (tertiary/aromatic N) is 3. The topological polar surface area (TPSA) is 98.3 Å². The van der Waals surface area contributed by atoms with Gasteiger partial charge in [-0.3, -0.25) is 0 Å². The highest BCUT2D eigenvalue weighted by atomic mass is 16.5. The maximum absolute atomic E-state index is 11.5. The Kier molecular flexibility index (Phi) is 3.20. The maximum Gasteiger partial charge on any atom is 0.364 e. The summed E-state index contributed by atoms with van der Waals surface area (Å²) in [5.74, 6) is 0.814. The standard InChI is InChI=1S/C12H17N5O2/c13-7-8-3-1-2-4-9(8)19-11-6-5-10-14-15-12(18)17(10)16-11/h5-6,8-9H,1-4,7,13H2,(H,15,18). The van der Waals surface area contributed by atoms with Crippen LogP contribution in [0.3, 0.4) is 0 Å². The molecule has 2 aromatic rings. The summed E-state index contributed by atoms with van der Waals surface area (Å²) < 4.78 is 7.10. The molecule has 2 aromatic heterocycles. The van der Waals surface area contributed by atoms with Crippen LogP contribution in [0, 0.1) is 5.92 Å². The lowest BCUT2D eigenvalue weighted by molar-refractivity contribution is 0.0909. The predicted molar refractivity (Wildman–Crippen MR) is 69.0 cm³/mol. The van der Waals surface area contributed by atoms with Gasteiger partial charge in [-0.2, -0.15) is 9.61 Å². The van der Waals surface area contributed by atoms with E-state index in [0.29, 0.717) is 24.0 Å². The summed E-state index contributed by atoms with van der Waals surface area (Å²) in [5.41, 5.74) is 5.90. The molecule has 0 bridgehead atoms. The van der Waals surface area contributed by atoms with Gasteiger partial charge in [0.2, 0.25) is 5.88 Å². The number of nitrogens with two attached hydrogens (primary N) is 1. The Morgan fingerprint density at radius 3 is 3.11 bits per heavy atom. The van der Waals surface area contributed by atoms with Crippen LogP contribution in [-0.2, 0) is 0 Å². The van der Waals surface area contributed by atoms with Gasteiger partial charge < -0.3 is 10.5 Å². The van der Waals surface area contributed by atoms with Crippen molar-refractivity contribution < 1.29 is 4.74 Å². The van der Waals surface area contributed by atoms with Crippen molar-refractivity contribution in [1.82, 2.24) is 19.8 Å². The van der Waals surface area contributed by atoms with Crippen LogP contribution in [0.25, 0.3) is 5.65 Å². The van der Waals surface area contributed by atoms with Gasteiger partial charge in [0, 0.05) is 12.0 Å². The Bertz CT molecular complexity index is 620. The Morgan fingerprint density at radius 2 is 2.26 bits per heavy atom. The van der Waals surface area contributed by atoms with Crippen LogP contribution in [0.5, 0.6) is 5.88 Å². The van der Waals surface area contributed by atoms with E-state index in [4.69, 9.17) is 10.5 Å². The van der Waals surface area contributed by atoms with Crippen LogP contribution in [0.4, 0.5) is 0 Å². The first-order valence-corrected chi connectivity index (χ1v) is 6.59. The summed E-state index contributed by atoms with van der Waals surface area (Å²) in [6.07, 6.45) is 4.52. The van der Waals surface area contributed by atoms with Gasteiger partial charge in [-0.05, 0) is 31.9 Å². The number of H-pyrrole nitrogens is 1. The normalized spacial score (nSPS) is 23.6. The molecule has 0 amide bonds. The number of aromatic nitrogens is 4. The number of rotatable bonds is 3. The molecule has 1 aliphatic rings. The fourth-order valence-electron chi connectivity index (χ4n) is 2.60. The van der Waals surface area contributed by atoms with E-state index in [-0.39, 0.29) is 11.8 Å². The van der Waals surface area contributed by atoms with Crippen LogP contribution in [0.2, 0.25) is 0 Å². The van der Waals surface area contributed by atoms with E-state index in [0.717, 1.165) is 19.3 Å². The highest BCUT2D eigenvalue weighted by molar-refractivity contribution is 5.35. The molecule has 7 heteroatoms. The van der Waals surface area contributed by atoms with Gasteiger partial charge in [-0.15, -0.1) is 5.10 Å². The summed E-state index contributed by atoms with van der Waals surface area (Å²) in [6.45, 7) is 0.624. The Hall–Kier alpha value is -1.89. The molecule has 102 valence electrons. The number of aromatic amines is 1. The second kappa shape index (κ2) is 5.00. The van der Waals surface area contributed by atoms with E-state index in [1.54, 1.807) is 12.1 Å². The van der Waals surface area contributed by atoms with Crippen molar-refractivity contribution in [3.63, 3.8) is 0 Å². The summed E-state index contributed by atoms with van der Waals surface area (Å²) in [6, 6.07) is 3.44. The molecular formula is C12H17N5O2. The van der Waals surface area contributed by atoms with E-state index < -0.39 is 0 Å². The van der Waals surface area contributed by atoms with Gasteiger partial charge in [0.25, 0.3) is 0 Å². The highest BCUT2D eigenvalue weighted by Gasteiger charge is 2.26. The fourth-order valence-corrected chi connectivity index (χ4v) is 2.60. The second-order valence-corrected chi connectivity index (χ2v) is 4.91. The number of ether oxygens (including phenoxy) is 1. The van der Waals surface area contributed by atoms with E-state index >= 15 is 0 Å². The minimum Gasteiger partial charge on any atom is -0.473 e. The molecule has 1 aliphatic carbocycles. The first kappa shape index (κ1) is 12.2. The number of hydrogen-bond donors (Lipinski definition) is 2. The SMILES string of the molecule is NCC1CCCCC1Oc1ccc2n[nH]c(=O)n2n1. The summed E-state index contributed by atoms with van der Waals surface area (Å²) in [7, 11) is 0. The average molecular weight is 263 g/mol. The van der Waals surface area contributed by atoms with Crippen LogP contribution < -0.4 is 16.2 Å². The van der Waals surface area contributed by atoms with E-state index in [9.17, 15) is 4.79 Å². The highest BCUT2D eigenvalue weighted by Crippen LogP contribution is 2.26. The van der Waals surface area contributed by atoms with Crippen molar-refractivity contribution in [2.24, 2.45) is 11.7 Å². The van der Waals surface area contributed by atoms with Crippen LogP contribution in [0.15, 0.2) is 16.9 Å².